The minimum Gasteiger partial charge on any atom is -0.463 e. The van der Waals surface area contributed by atoms with Crippen LogP contribution in [0.15, 0.2) is 12.4 Å². The number of nitrogens with zero attached hydrogens (tertiary/aromatic N) is 6. The van der Waals surface area contributed by atoms with E-state index in [0.29, 0.717) is 0 Å². The molecular formula is C66H92N6O37S2. The van der Waals surface area contributed by atoms with Crippen LogP contribution >= 0.6 is 23.5 Å². The lowest BCUT2D eigenvalue weighted by Crippen LogP contribution is -2.66. The van der Waals surface area contributed by atoms with Crippen molar-refractivity contribution in [3.63, 3.8) is 0 Å². The molecule has 4 aliphatic rings. The van der Waals surface area contributed by atoms with Gasteiger partial charge in [0.15, 0.2) is 73.2 Å². The number of thioether (sulfide) groups is 2. The van der Waals surface area contributed by atoms with Crippen molar-refractivity contribution in [2.24, 2.45) is 0 Å². The molecule has 45 heteroatoms. The first-order valence-corrected chi connectivity index (χ1v) is 36.6. The summed E-state index contributed by atoms with van der Waals surface area (Å²) in [6.07, 6.45) is -24.5. The van der Waals surface area contributed by atoms with E-state index in [-0.39, 0.29) is 88.8 Å². The first kappa shape index (κ1) is 91.1. The molecule has 0 bridgehead atoms. The molecule has 4 fully saturated rings. The summed E-state index contributed by atoms with van der Waals surface area (Å²) in [4.78, 5) is 175. The lowest BCUT2D eigenvalue weighted by atomic mass is 9.96. The lowest BCUT2D eigenvalue weighted by Gasteiger charge is -2.48. The standard InChI is InChI=1S/C66H92N6O37S2/c1-31(73)91-29-49-53(95-35(5)77)57(99-39(9)81)61(103-43(13)85)65(107-49)110-21-19-87-15-17-89-27-45-23-71(69-67-45)25-47-51(93-33(3)75)55(97-37(7)79)59(101-41(11)83)63(105-47)109-64-60(102-42(12)84)56(98-38(8)80)52(94-34(4)76)48(106-64)26-72-24-46(68-70-72)28-90-18-16-88-20-22-111-66-62(104-44(14)86)58(100-40(10)82)54(96-36(6)78)50(108-66)30-92-32(2)74/h23-24,47-66H,15-22,25-30H2,1-14H3/t47-,48-,49-,50-,51-,52-,53+,54+,55+,56+,57+,58+,59-,60-,61-,62-,63-,64-,65+,66+/m1/s1. The van der Waals surface area contributed by atoms with E-state index >= 15 is 0 Å². The number of ether oxygens (including phenoxy) is 23. The van der Waals surface area contributed by atoms with E-state index in [1.165, 1.54) is 21.8 Å². The Balaban J connectivity index is 1.12. The maximum atomic E-state index is 13.0. The Morgan fingerprint density at radius 3 is 0.874 bits per heavy atom. The summed E-state index contributed by atoms with van der Waals surface area (Å²) in [5.74, 6) is -11.3. The summed E-state index contributed by atoms with van der Waals surface area (Å²) >= 11 is 2.21. The van der Waals surface area contributed by atoms with Gasteiger partial charge in [0, 0.05) is 108 Å². The molecule has 0 radical (unpaired) electrons. The highest BCUT2D eigenvalue weighted by molar-refractivity contribution is 8.00. The Morgan fingerprint density at radius 1 is 0.315 bits per heavy atom. The van der Waals surface area contributed by atoms with Crippen LogP contribution in [0.25, 0.3) is 0 Å². The highest BCUT2D eigenvalue weighted by Gasteiger charge is 2.59. The van der Waals surface area contributed by atoms with Gasteiger partial charge in [-0.1, -0.05) is 10.4 Å². The van der Waals surface area contributed by atoms with Crippen molar-refractivity contribution in [2.45, 2.75) is 244 Å². The van der Waals surface area contributed by atoms with E-state index in [1.807, 2.05) is 0 Å². The SMILES string of the molecule is CC(=O)OC[C@H]1O[C@@H](SCCOCCOCc2cn(C[C@H]3O[C@H](O[C@H]4O[C@H](Cn5cc(COCCOCCS[C@@H]6O[C@H](COC(C)=O)[C@H](OC(C)=O)[C@H](OC(C)=O)[C@H]6OC(C)=O)nn5)[C@@H](OC(C)=O)[C@H](OC(C)=O)[C@H]4OC(C)=O)[C@H](OC(C)=O)[C@@H](OC(C)=O)[C@@H]3OC(C)=O)nn2)[C@H](OC(C)=O)[C@@H](OC(C)=O)[C@H]1OC(C)=O. The zero-order valence-electron chi connectivity index (χ0n) is 63.2. The molecule has 2 aromatic heterocycles. The monoisotopic (exact) mass is 1620 g/mol. The fourth-order valence-electron chi connectivity index (χ4n) is 11.6. The number of rotatable bonds is 40. The van der Waals surface area contributed by atoms with Gasteiger partial charge >= 0.3 is 83.6 Å². The summed E-state index contributed by atoms with van der Waals surface area (Å²) < 4.78 is 135. The number of hydrogen-bond donors (Lipinski definition) is 0. The van der Waals surface area contributed by atoms with Gasteiger partial charge in [0.2, 0.25) is 12.6 Å². The molecule has 4 saturated heterocycles. The van der Waals surface area contributed by atoms with Gasteiger partial charge in [-0.15, -0.1) is 33.7 Å². The van der Waals surface area contributed by atoms with Crippen LogP contribution in [-0.4, -0.2) is 299 Å². The molecule has 111 heavy (non-hydrogen) atoms. The maximum absolute atomic E-state index is 13.0. The highest BCUT2D eigenvalue weighted by atomic mass is 32.2. The van der Waals surface area contributed by atoms with Crippen LogP contribution in [0.1, 0.15) is 108 Å². The molecule has 43 nitrogen and oxygen atoms in total. The highest BCUT2D eigenvalue weighted by Crippen LogP contribution is 2.39. The maximum Gasteiger partial charge on any atom is 0.303 e. The quantitative estimate of drug-likeness (QED) is 0.0453. The second kappa shape index (κ2) is 45.0. The van der Waals surface area contributed by atoms with Gasteiger partial charge in [-0.25, -0.2) is 9.36 Å². The van der Waals surface area contributed by atoms with Crippen LogP contribution in [0.2, 0.25) is 0 Å². The van der Waals surface area contributed by atoms with Gasteiger partial charge in [0.1, 0.15) is 59.9 Å². The Hall–Kier alpha value is -8.80. The molecule has 0 unspecified atom stereocenters. The van der Waals surface area contributed by atoms with Crippen LogP contribution < -0.4 is 0 Å². The second-order valence-electron chi connectivity index (χ2n) is 24.7. The zero-order valence-corrected chi connectivity index (χ0v) is 64.8. The average molecular weight is 1630 g/mol. The topological polar surface area (TPSA) is 513 Å². The predicted molar refractivity (Wildman–Crippen MR) is 362 cm³/mol. The Kier molecular flexibility index (Phi) is 37.0. The normalized spacial score (nSPS) is 27.6. The van der Waals surface area contributed by atoms with Crippen molar-refractivity contribution in [2.75, 3.05) is 64.4 Å². The number of carbonyl (C=O) groups is 14. The van der Waals surface area contributed by atoms with E-state index in [2.05, 4.69) is 20.6 Å². The van der Waals surface area contributed by atoms with Crippen LogP contribution in [0.3, 0.4) is 0 Å². The summed E-state index contributed by atoms with van der Waals surface area (Å²) in [5, 5.41) is 16.7. The Morgan fingerprint density at radius 2 is 0.577 bits per heavy atom. The molecule has 0 amide bonds. The molecule has 20 atom stereocenters. The summed E-state index contributed by atoms with van der Waals surface area (Å²) in [5.41, 5.74) is -1.56. The summed E-state index contributed by atoms with van der Waals surface area (Å²) in [7, 11) is 0. The summed E-state index contributed by atoms with van der Waals surface area (Å²) in [6.45, 7) is 13.5. The average Bonchev–Trinajstić information content (AvgIpc) is 1.27. The third kappa shape index (κ3) is 30.3. The number of carbonyl (C=O) groups excluding carboxylic acids is 14. The van der Waals surface area contributed by atoms with E-state index in [1.54, 1.807) is 0 Å². The van der Waals surface area contributed by atoms with Crippen LogP contribution in [0, 0.1) is 0 Å². The molecule has 2 aromatic rings. The third-order valence-electron chi connectivity index (χ3n) is 15.3. The molecule has 0 saturated carbocycles. The third-order valence-corrected chi connectivity index (χ3v) is 17.5. The lowest BCUT2D eigenvalue weighted by molar-refractivity contribution is -0.376. The van der Waals surface area contributed by atoms with E-state index in [0.717, 1.165) is 120 Å². The fraction of sp³-hybridized carbons (Fsp3) is 0.727. The van der Waals surface area contributed by atoms with Crippen LogP contribution in [0.4, 0.5) is 0 Å². The van der Waals surface area contributed by atoms with Crippen molar-refractivity contribution in [1.29, 1.82) is 0 Å². The van der Waals surface area contributed by atoms with E-state index in [4.69, 9.17) is 109 Å². The smallest absolute Gasteiger partial charge is 0.303 e. The number of aromatic nitrogens is 6. The Bertz CT molecular complexity index is 3290. The van der Waals surface area contributed by atoms with Crippen molar-refractivity contribution in [3.8, 4) is 0 Å². The van der Waals surface area contributed by atoms with Gasteiger partial charge in [-0.05, 0) is 0 Å². The van der Waals surface area contributed by atoms with Crippen molar-refractivity contribution < 1.29 is 176 Å². The van der Waals surface area contributed by atoms with Crippen LogP contribution in [0.5, 0.6) is 0 Å². The minimum absolute atomic E-state index is 0.00792. The molecule has 0 aliphatic carbocycles. The predicted octanol–water partition coefficient (Wildman–Crippen LogP) is -0.675. The van der Waals surface area contributed by atoms with Gasteiger partial charge in [0.05, 0.1) is 78.3 Å². The van der Waals surface area contributed by atoms with Gasteiger partial charge in [-0.3, -0.25) is 67.1 Å². The van der Waals surface area contributed by atoms with Crippen LogP contribution in [-0.2, 0) is 202 Å². The molecule has 6 rings (SSSR count). The largest absolute Gasteiger partial charge is 0.463 e. The van der Waals surface area contributed by atoms with Gasteiger partial charge in [-0.2, -0.15) is 0 Å². The van der Waals surface area contributed by atoms with Crippen molar-refractivity contribution >= 4 is 107 Å². The van der Waals surface area contributed by atoms with E-state index in [9.17, 15) is 67.1 Å². The minimum atomic E-state index is -1.94. The molecule has 6 heterocycles. The van der Waals surface area contributed by atoms with Crippen molar-refractivity contribution in [1.82, 2.24) is 30.0 Å². The Labute approximate surface area is 643 Å². The van der Waals surface area contributed by atoms with E-state index < -0.39 is 218 Å². The molecular weight excluding hydrogens is 1530 g/mol. The molecule has 0 aromatic carbocycles. The second-order valence-corrected chi connectivity index (χ2v) is 27.1. The molecule has 620 valence electrons. The molecule has 0 N–H and O–H groups in total. The molecule has 4 aliphatic heterocycles. The molecule has 0 spiro atoms. The first-order valence-electron chi connectivity index (χ1n) is 34.5. The van der Waals surface area contributed by atoms with Crippen molar-refractivity contribution in [3.05, 3.63) is 23.8 Å². The fourth-order valence-corrected chi connectivity index (χ4v) is 13.7. The summed E-state index contributed by atoms with van der Waals surface area (Å²) in [6, 6.07) is 0. The number of esters is 14. The van der Waals surface area contributed by atoms with Gasteiger partial charge < -0.3 is 109 Å². The zero-order chi connectivity index (χ0) is 81.8. The number of hydrogen-bond acceptors (Lipinski definition) is 43. The first-order chi connectivity index (χ1) is 52.5. The van der Waals surface area contributed by atoms with Gasteiger partial charge in [0.25, 0.3) is 0 Å².